The second-order valence-corrected chi connectivity index (χ2v) is 4.09. The third-order valence-corrected chi connectivity index (χ3v) is 2.98. The first kappa shape index (κ1) is 11.9. The van der Waals surface area contributed by atoms with E-state index in [9.17, 15) is 0 Å². The van der Waals surface area contributed by atoms with Crippen molar-refractivity contribution >= 4 is 11.5 Å². The number of imidazole rings is 1. The second kappa shape index (κ2) is 5.19. The SMILES string of the molecule is CCCN(CC)c1nc2ccccn2c1CN. The van der Waals surface area contributed by atoms with Gasteiger partial charge in [-0.05, 0) is 25.5 Å². The molecule has 4 heteroatoms. The summed E-state index contributed by atoms with van der Waals surface area (Å²) in [6.07, 6.45) is 3.14. The fraction of sp³-hybridized carbons (Fsp3) is 0.462. The largest absolute Gasteiger partial charge is 0.355 e. The molecule has 17 heavy (non-hydrogen) atoms. The molecule has 0 radical (unpaired) electrons. The van der Waals surface area contributed by atoms with E-state index in [1.165, 1.54) is 0 Å². The number of nitrogens with two attached hydrogens (primary N) is 1. The molecule has 92 valence electrons. The number of anilines is 1. The molecule has 0 fully saturated rings. The highest BCUT2D eigenvalue weighted by atomic mass is 15.2. The van der Waals surface area contributed by atoms with Crippen LogP contribution in [-0.2, 0) is 6.54 Å². The zero-order chi connectivity index (χ0) is 12.3. The minimum absolute atomic E-state index is 0.515. The van der Waals surface area contributed by atoms with Crippen LogP contribution in [0, 0.1) is 0 Å². The predicted octanol–water partition coefficient (Wildman–Crippen LogP) is 2.03. The first-order chi connectivity index (χ1) is 8.31. The standard InChI is InChI=1S/C13H20N4/c1-3-8-16(4-2)13-11(10-14)17-9-6-5-7-12(17)15-13/h5-7,9H,3-4,8,10,14H2,1-2H3. The van der Waals surface area contributed by atoms with Crippen molar-refractivity contribution in [2.24, 2.45) is 5.73 Å². The molecule has 0 aliphatic rings. The van der Waals surface area contributed by atoms with Gasteiger partial charge in [0, 0.05) is 25.8 Å². The zero-order valence-corrected chi connectivity index (χ0v) is 10.6. The van der Waals surface area contributed by atoms with Crippen LogP contribution < -0.4 is 10.6 Å². The molecule has 0 saturated carbocycles. The van der Waals surface area contributed by atoms with Crippen LogP contribution >= 0.6 is 0 Å². The van der Waals surface area contributed by atoms with Gasteiger partial charge in [-0.2, -0.15) is 0 Å². The minimum atomic E-state index is 0.515. The Hall–Kier alpha value is -1.55. The lowest BCUT2D eigenvalue weighted by molar-refractivity contribution is 0.772. The third-order valence-electron chi connectivity index (χ3n) is 2.98. The summed E-state index contributed by atoms with van der Waals surface area (Å²) in [5, 5.41) is 0. The topological polar surface area (TPSA) is 46.6 Å². The van der Waals surface area contributed by atoms with E-state index in [0.29, 0.717) is 6.54 Å². The summed E-state index contributed by atoms with van der Waals surface area (Å²) < 4.78 is 2.08. The molecule has 2 N–H and O–H groups in total. The van der Waals surface area contributed by atoms with Gasteiger partial charge >= 0.3 is 0 Å². The lowest BCUT2D eigenvalue weighted by atomic mass is 10.3. The Bertz CT molecular complexity index is 489. The average molecular weight is 232 g/mol. The number of nitrogens with zero attached hydrogens (tertiary/aromatic N) is 3. The summed E-state index contributed by atoms with van der Waals surface area (Å²) in [6, 6.07) is 6.03. The van der Waals surface area contributed by atoms with Crippen LogP contribution in [0.3, 0.4) is 0 Å². The van der Waals surface area contributed by atoms with E-state index in [2.05, 4.69) is 28.1 Å². The Morgan fingerprint density at radius 1 is 1.35 bits per heavy atom. The number of pyridine rings is 1. The molecule has 4 nitrogen and oxygen atoms in total. The highest BCUT2D eigenvalue weighted by Gasteiger charge is 2.15. The maximum absolute atomic E-state index is 5.86. The Balaban J connectivity index is 2.51. The summed E-state index contributed by atoms with van der Waals surface area (Å²) in [5.74, 6) is 1.03. The van der Waals surface area contributed by atoms with Crippen LogP contribution in [0.5, 0.6) is 0 Å². The number of aromatic nitrogens is 2. The van der Waals surface area contributed by atoms with Crippen LogP contribution in [0.1, 0.15) is 26.0 Å². The molecule has 2 heterocycles. The maximum Gasteiger partial charge on any atom is 0.152 e. The van der Waals surface area contributed by atoms with Crippen LogP contribution in [0.2, 0.25) is 0 Å². The monoisotopic (exact) mass is 232 g/mol. The van der Waals surface area contributed by atoms with Gasteiger partial charge in [-0.1, -0.05) is 13.0 Å². The highest BCUT2D eigenvalue weighted by Crippen LogP contribution is 2.21. The van der Waals surface area contributed by atoms with Crippen molar-refractivity contribution < 1.29 is 0 Å². The summed E-state index contributed by atoms with van der Waals surface area (Å²) >= 11 is 0. The lowest BCUT2D eigenvalue weighted by Gasteiger charge is -2.20. The molecule has 0 amide bonds. The molecular weight excluding hydrogens is 212 g/mol. The van der Waals surface area contributed by atoms with Gasteiger partial charge in [0.2, 0.25) is 0 Å². The Morgan fingerprint density at radius 3 is 2.82 bits per heavy atom. The Kier molecular flexibility index (Phi) is 3.64. The van der Waals surface area contributed by atoms with E-state index >= 15 is 0 Å². The van der Waals surface area contributed by atoms with Gasteiger partial charge < -0.3 is 15.0 Å². The predicted molar refractivity (Wildman–Crippen MR) is 71.3 cm³/mol. The van der Waals surface area contributed by atoms with Crippen molar-refractivity contribution in [3.05, 3.63) is 30.1 Å². The number of hydrogen-bond acceptors (Lipinski definition) is 3. The van der Waals surface area contributed by atoms with Crippen LogP contribution in [0.4, 0.5) is 5.82 Å². The van der Waals surface area contributed by atoms with Crippen LogP contribution in [-0.4, -0.2) is 22.5 Å². The molecule has 0 bridgehead atoms. The van der Waals surface area contributed by atoms with Crippen molar-refractivity contribution in [1.82, 2.24) is 9.38 Å². The molecule has 2 aromatic rings. The van der Waals surface area contributed by atoms with Gasteiger partial charge in [0.15, 0.2) is 5.82 Å². The van der Waals surface area contributed by atoms with Crippen molar-refractivity contribution in [2.45, 2.75) is 26.8 Å². The Labute approximate surface area is 102 Å². The average Bonchev–Trinajstić information content (AvgIpc) is 2.74. The number of rotatable bonds is 5. The summed E-state index contributed by atoms with van der Waals surface area (Å²) in [7, 11) is 0. The van der Waals surface area contributed by atoms with E-state index < -0.39 is 0 Å². The van der Waals surface area contributed by atoms with Gasteiger partial charge in [0.1, 0.15) is 5.65 Å². The fourth-order valence-electron chi connectivity index (χ4n) is 2.16. The molecule has 0 saturated heterocycles. The highest BCUT2D eigenvalue weighted by molar-refractivity contribution is 5.55. The molecule has 0 atom stereocenters. The summed E-state index contributed by atoms with van der Waals surface area (Å²) in [5.41, 5.74) is 7.93. The minimum Gasteiger partial charge on any atom is -0.355 e. The van der Waals surface area contributed by atoms with Gasteiger partial charge in [-0.15, -0.1) is 0 Å². The smallest absolute Gasteiger partial charge is 0.152 e. The molecule has 0 aliphatic carbocycles. The van der Waals surface area contributed by atoms with Gasteiger partial charge in [-0.3, -0.25) is 0 Å². The van der Waals surface area contributed by atoms with Gasteiger partial charge in [0.05, 0.1) is 5.69 Å². The number of fused-ring (bicyclic) bond motifs is 1. The fourth-order valence-corrected chi connectivity index (χ4v) is 2.16. The molecule has 2 aromatic heterocycles. The summed E-state index contributed by atoms with van der Waals surface area (Å²) in [4.78, 5) is 6.97. The molecular formula is C13H20N4. The Morgan fingerprint density at radius 2 is 2.18 bits per heavy atom. The van der Waals surface area contributed by atoms with Crippen LogP contribution in [0.25, 0.3) is 5.65 Å². The molecule has 2 rings (SSSR count). The molecule has 0 aromatic carbocycles. The normalized spacial score (nSPS) is 11.0. The van der Waals surface area contributed by atoms with E-state index in [1.807, 2.05) is 24.4 Å². The van der Waals surface area contributed by atoms with Gasteiger partial charge in [0.25, 0.3) is 0 Å². The van der Waals surface area contributed by atoms with Crippen molar-refractivity contribution in [3.63, 3.8) is 0 Å². The van der Waals surface area contributed by atoms with E-state index in [0.717, 1.165) is 36.7 Å². The molecule has 0 unspecified atom stereocenters. The molecule has 0 aliphatic heterocycles. The maximum atomic E-state index is 5.86. The third kappa shape index (κ3) is 2.13. The first-order valence-corrected chi connectivity index (χ1v) is 6.22. The van der Waals surface area contributed by atoms with E-state index in [4.69, 9.17) is 5.73 Å². The molecule has 0 spiro atoms. The van der Waals surface area contributed by atoms with Gasteiger partial charge in [-0.25, -0.2) is 4.98 Å². The zero-order valence-electron chi connectivity index (χ0n) is 10.6. The first-order valence-electron chi connectivity index (χ1n) is 6.22. The van der Waals surface area contributed by atoms with Crippen molar-refractivity contribution in [2.75, 3.05) is 18.0 Å². The second-order valence-electron chi connectivity index (χ2n) is 4.09. The quantitative estimate of drug-likeness (QED) is 0.858. The van der Waals surface area contributed by atoms with E-state index in [-0.39, 0.29) is 0 Å². The van der Waals surface area contributed by atoms with E-state index in [1.54, 1.807) is 0 Å². The van der Waals surface area contributed by atoms with Crippen molar-refractivity contribution in [1.29, 1.82) is 0 Å². The number of hydrogen-bond donors (Lipinski definition) is 1. The van der Waals surface area contributed by atoms with Crippen LogP contribution in [0.15, 0.2) is 24.4 Å². The summed E-state index contributed by atoms with van der Waals surface area (Å²) in [6.45, 7) is 6.83. The van der Waals surface area contributed by atoms with Crippen molar-refractivity contribution in [3.8, 4) is 0 Å². The lowest BCUT2D eigenvalue weighted by Crippen LogP contribution is -2.25.